The van der Waals surface area contributed by atoms with Crippen molar-refractivity contribution in [2.24, 2.45) is 0 Å². The van der Waals surface area contributed by atoms with Crippen LogP contribution in [0.25, 0.3) is 0 Å². The molecule has 2 aromatic rings. The fourth-order valence-corrected chi connectivity index (χ4v) is 2.32. The van der Waals surface area contributed by atoms with Gasteiger partial charge in [-0.1, -0.05) is 48.5 Å². The lowest BCUT2D eigenvalue weighted by Gasteiger charge is -2.25. The van der Waals surface area contributed by atoms with Crippen molar-refractivity contribution < 1.29 is 0 Å². The fraction of sp³-hybridized carbons (Fsp3) is 0.333. The van der Waals surface area contributed by atoms with E-state index in [4.69, 9.17) is 0 Å². The number of nitrogens with zero attached hydrogens (tertiary/aromatic N) is 2. The Morgan fingerprint density at radius 3 is 1.90 bits per heavy atom. The lowest BCUT2D eigenvalue weighted by atomic mass is 10.2. The summed E-state index contributed by atoms with van der Waals surface area (Å²) in [7, 11) is 4.26. The van der Waals surface area contributed by atoms with Crippen LogP contribution in [0.15, 0.2) is 60.7 Å². The zero-order valence-corrected chi connectivity index (χ0v) is 13.7. The molecule has 0 aliphatic rings. The monoisotopic (exact) mass is 304 g/mol. The van der Waals surface area contributed by atoms with E-state index in [1.807, 2.05) is 0 Å². The van der Waals surface area contributed by atoms with Gasteiger partial charge >= 0.3 is 0 Å². The third-order valence-electron chi connectivity index (χ3n) is 3.37. The highest BCUT2D eigenvalue weighted by molar-refractivity contribution is 5.85. The van der Waals surface area contributed by atoms with E-state index in [1.165, 1.54) is 17.7 Å². The largest absolute Gasteiger partial charge is 0.367 e. The van der Waals surface area contributed by atoms with Gasteiger partial charge in [0, 0.05) is 18.8 Å². The van der Waals surface area contributed by atoms with Crippen LogP contribution in [0.2, 0.25) is 0 Å². The minimum Gasteiger partial charge on any atom is -0.367 e. The Bertz CT molecular complexity index is 485. The molecule has 2 rings (SSSR count). The fourth-order valence-electron chi connectivity index (χ4n) is 2.32. The van der Waals surface area contributed by atoms with Crippen LogP contribution in [0.4, 0.5) is 5.69 Å². The van der Waals surface area contributed by atoms with Crippen molar-refractivity contribution in [1.82, 2.24) is 4.90 Å². The summed E-state index contributed by atoms with van der Waals surface area (Å²) in [4.78, 5) is 4.70. The Balaban J connectivity index is 0.00000220. The summed E-state index contributed by atoms with van der Waals surface area (Å²) in [6.45, 7) is 3.17. The summed E-state index contributed by atoms with van der Waals surface area (Å²) in [5.41, 5.74) is 2.66. The molecule has 0 heterocycles. The Morgan fingerprint density at radius 1 is 0.762 bits per heavy atom. The third kappa shape index (κ3) is 6.19. The standard InChI is InChI=1S/C18H24N2.ClH/c1-19(2)14-9-15-20(18-12-7-4-8-13-18)16-17-10-5-3-6-11-17;/h3-8,10-13H,9,14-16H2,1-2H3;1H. The van der Waals surface area contributed by atoms with Crippen LogP contribution in [0, 0.1) is 0 Å². The van der Waals surface area contributed by atoms with Crippen LogP contribution in [-0.4, -0.2) is 32.1 Å². The van der Waals surface area contributed by atoms with Crippen LogP contribution in [-0.2, 0) is 6.54 Å². The second kappa shape index (κ2) is 9.43. The summed E-state index contributed by atoms with van der Waals surface area (Å²) >= 11 is 0. The van der Waals surface area contributed by atoms with Gasteiger partial charge in [-0.3, -0.25) is 0 Å². The number of hydrogen-bond acceptors (Lipinski definition) is 2. The first-order chi connectivity index (χ1) is 9.75. The number of para-hydroxylation sites is 1. The molecule has 0 fully saturated rings. The normalized spacial score (nSPS) is 10.2. The van der Waals surface area contributed by atoms with Gasteiger partial charge in [0.25, 0.3) is 0 Å². The van der Waals surface area contributed by atoms with Gasteiger partial charge in [-0.05, 0) is 44.8 Å². The van der Waals surface area contributed by atoms with E-state index in [9.17, 15) is 0 Å². The minimum absolute atomic E-state index is 0. The Morgan fingerprint density at radius 2 is 1.33 bits per heavy atom. The van der Waals surface area contributed by atoms with Gasteiger partial charge in [0.15, 0.2) is 0 Å². The zero-order chi connectivity index (χ0) is 14.2. The maximum atomic E-state index is 2.46. The SMILES string of the molecule is CN(C)CCCN(Cc1ccccc1)c1ccccc1.Cl. The molecule has 0 aliphatic carbocycles. The van der Waals surface area contributed by atoms with Gasteiger partial charge in [0.2, 0.25) is 0 Å². The van der Waals surface area contributed by atoms with Crippen molar-refractivity contribution in [2.75, 3.05) is 32.1 Å². The minimum atomic E-state index is 0. The highest BCUT2D eigenvalue weighted by Gasteiger charge is 2.07. The summed E-state index contributed by atoms with van der Waals surface area (Å²) in [5, 5.41) is 0. The summed E-state index contributed by atoms with van der Waals surface area (Å²) in [6, 6.07) is 21.4. The molecule has 0 radical (unpaired) electrons. The van der Waals surface area contributed by atoms with Gasteiger partial charge in [-0.15, -0.1) is 12.4 Å². The maximum absolute atomic E-state index is 2.46. The predicted molar refractivity (Wildman–Crippen MR) is 94.4 cm³/mol. The molecule has 2 nitrogen and oxygen atoms in total. The van der Waals surface area contributed by atoms with E-state index >= 15 is 0 Å². The first kappa shape index (κ1) is 17.5. The molecule has 114 valence electrons. The lowest BCUT2D eigenvalue weighted by Crippen LogP contribution is -2.26. The van der Waals surface area contributed by atoms with Gasteiger partial charge in [0.05, 0.1) is 0 Å². The average molecular weight is 305 g/mol. The summed E-state index contributed by atoms with van der Waals surface area (Å²) < 4.78 is 0. The number of benzene rings is 2. The number of hydrogen-bond donors (Lipinski definition) is 0. The van der Waals surface area contributed by atoms with E-state index in [1.54, 1.807) is 0 Å². The molecular formula is C18H25ClN2. The first-order valence-electron chi connectivity index (χ1n) is 7.24. The van der Waals surface area contributed by atoms with E-state index in [0.717, 1.165) is 19.6 Å². The van der Waals surface area contributed by atoms with Crippen molar-refractivity contribution in [2.45, 2.75) is 13.0 Å². The van der Waals surface area contributed by atoms with Crippen LogP contribution < -0.4 is 4.90 Å². The second-order valence-electron chi connectivity index (χ2n) is 5.40. The maximum Gasteiger partial charge on any atom is 0.0429 e. The van der Waals surface area contributed by atoms with Crippen LogP contribution in [0.1, 0.15) is 12.0 Å². The topological polar surface area (TPSA) is 6.48 Å². The van der Waals surface area contributed by atoms with E-state index in [2.05, 4.69) is 84.6 Å². The molecule has 21 heavy (non-hydrogen) atoms. The smallest absolute Gasteiger partial charge is 0.0429 e. The van der Waals surface area contributed by atoms with Crippen molar-refractivity contribution in [3.05, 3.63) is 66.2 Å². The molecule has 0 amide bonds. The molecule has 0 N–H and O–H groups in total. The highest BCUT2D eigenvalue weighted by Crippen LogP contribution is 2.17. The molecule has 0 spiro atoms. The van der Waals surface area contributed by atoms with Gasteiger partial charge in [0.1, 0.15) is 0 Å². The van der Waals surface area contributed by atoms with Crippen LogP contribution in [0.5, 0.6) is 0 Å². The molecule has 0 bridgehead atoms. The van der Waals surface area contributed by atoms with E-state index in [0.29, 0.717) is 0 Å². The first-order valence-corrected chi connectivity index (χ1v) is 7.24. The molecule has 0 unspecified atom stereocenters. The van der Waals surface area contributed by atoms with Crippen molar-refractivity contribution in [3.8, 4) is 0 Å². The molecule has 0 aromatic heterocycles. The lowest BCUT2D eigenvalue weighted by molar-refractivity contribution is 0.400. The molecule has 0 atom stereocenters. The van der Waals surface area contributed by atoms with E-state index < -0.39 is 0 Å². The molecule has 0 saturated carbocycles. The van der Waals surface area contributed by atoms with E-state index in [-0.39, 0.29) is 12.4 Å². The Labute approximate surface area is 134 Å². The van der Waals surface area contributed by atoms with Crippen molar-refractivity contribution >= 4 is 18.1 Å². The van der Waals surface area contributed by atoms with Crippen molar-refractivity contribution in [1.29, 1.82) is 0 Å². The number of rotatable bonds is 7. The molecule has 0 saturated heterocycles. The number of anilines is 1. The molecule has 3 heteroatoms. The summed E-state index contributed by atoms with van der Waals surface area (Å²) in [5.74, 6) is 0. The predicted octanol–water partition coefficient (Wildman–Crippen LogP) is 4.07. The third-order valence-corrected chi connectivity index (χ3v) is 3.37. The Hall–Kier alpha value is -1.51. The van der Waals surface area contributed by atoms with Gasteiger partial charge in [-0.2, -0.15) is 0 Å². The second-order valence-corrected chi connectivity index (χ2v) is 5.40. The Kier molecular flexibility index (Phi) is 7.88. The molecular weight excluding hydrogens is 280 g/mol. The molecule has 0 aliphatic heterocycles. The molecule has 2 aromatic carbocycles. The van der Waals surface area contributed by atoms with Crippen LogP contribution in [0.3, 0.4) is 0 Å². The summed E-state index contributed by atoms with van der Waals surface area (Å²) in [6.07, 6.45) is 1.18. The zero-order valence-electron chi connectivity index (χ0n) is 12.9. The average Bonchev–Trinajstić information content (AvgIpc) is 2.48. The number of halogens is 1. The van der Waals surface area contributed by atoms with Gasteiger partial charge in [-0.25, -0.2) is 0 Å². The highest BCUT2D eigenvalue weighted by atomic mass is 35.5. The van der Waals surface area contributed by atoms with Crippen LogP contribution >= 0.6 is 12.4 Å². The van der Waals surface area contributed by atoms with Crippen molar-refractivity contribution in [3.63, 3.8) is 0 Å². The quantitative estimate of drug-likeness (QED) is 0.761. The van der Waals surface area contributed by atoms with Gasteiger partial charge < -0.3 is 9.80 Å².